The molecule has 0 radical (unpaired) electrons. The number of H-pyrrole nitrogens is 1. The molecule has 0 spiro atoms. The molecular formula is C17H18N4O3. The summed E-state index contributed by atoms with van der Waals surface area (Å²) >= 11 is 0. The standard InChI is InChI=1S/C17H18N4O3/c22-17(16-13-5-1-2-6-14(13)18-19-16)20-9-3-4-11-7-8-12(21(23)24)10-15(11)20/h7-8,10H,1-6,9H2,(H,18,19). The fraction of sp³-hybridized carbons (Fsp3) is 0.412. The van der Waals surface area contributed by atoms with Gasteiger partial charge in [0.15, 0.2) is 5.69 Å². The molecule has 0 fully saturated rings. The van der Waals surface area contributed by atoms with Crippen molar-refractivity contribution in [3.63, 3.8) is 0 Å². The summed E-state index contributed by atoms with van der Waals surface area (Å²) < 4.78 is 0. The topological polar surface area (TPSA) is 92.1 Å². The van der Waals surface area contributed by atoms with Crippen molar-refractivity contribution >= 4 is 17.3 Å². The van der Waals surface area contributed by atoms with Gasteiger partial charge in [-0.1, -0.05) is 6.07 Å². The number of nitrogens with one attached hydrogen (secondary N) is 1. The van der Waals surface area contributed by atoms with E-state index in [0.29, 0.717) is 17.9 Å². The molecular weight excluding hydrogens is 308 g/mol. The summed E-state index contributed by atoms with van der Waals surface area (Å²) in [5.41, 5.74) is 4.18. The van der Waals surface area contributed by atoms with E-state index in [4.69, 9.17) is 0 Å². The number of rotatable bonds is 2. The molecule has 0 unspecified atom stereocenters. The van der Waals surface area contributed by atoms with Crippen molar-refractivity contribution in [2.24, 2.45) is 0 Å². The smallest absolute Gasteiger partial charge is 0.279 e. The van der Waals surface area contributed by atoms with Crippen molar-refractivity contribution in [2.45, 2.75) is 38.5 Å². The second kappa shape index (κ2) is 5.74. The van der Waals surface area contributed by atoms with Crippen LogP contribution < -0.4 is 4.90 Å². The van der Waals surface area contributed by atoms with E-state index in [0.717, 1.165) is 55.3 Å². The van der Waals surface area contributed by atoms with Gasteiger partial charge in [0.05, 0.1) is 10.6 Å². The maximum atomic E-state index is 13.1. The highest BCUT2D eigenvalue weighted by atomic mass is 16.6. The molecule has 7 heteroatoms. The molecule has 0 saturated carbocycles. The van der Waals surface area contributed by atoms with E-state index in [1.54, 1.807) is 11.0 Å². The molecule has 0 saturated heterocycles. The number of aromatic amines is 1. The van der Waals surface area contributed by atoms with Crippen molar-refractivity contribution in [1.29, 1.82) is 0 Å². The quantitative estimate of drug-likeness (QED) is 0.678. The summed E-state index contributed by atoms with van der Waals surface area (Å²) in [5.74, 6) is -0.157. The lowest BCUT2D eigenvalue weighted by Crippen LogP contribution is -2.36. The van der Waals surface area contributed by atoms with Crippen LogP contribution in [0.15, 0.2) is 18.2 Å². The molecule has 24 heavy (non-hydrogen) atoms. The zero-order valence-corrected chi connectivity index (χ0v) is 13.2. The van der Waals surface area contributed by atoms with Gasteiger partial charge >= 0.3 is 0 Å². The minimum atomic E-state index is -0.423. The van der Waals surface area contributed by atoms with Gasteiger partial charge in [0, 0.05) is 29.9 Å². The number of nitrogens with zero attached hydrogens (tertiary/aromatic N) is 3. The number of carbonyl (C=O) groups excluding carboxylic acids is 1. The number of anilines is 1. The molecule has 0 atom stereocenters. The summed E-state index contributed by atoms with van der Waals surface area (Å²) in [4.78, 5) is 25.3. The third kappa shape index (κ3) is 2.36. The van der Waals surface area contributed by atoms with E-state index in [9.17, 15) is 14.9 Å². The first-order valence-corrected chi connectivity index (χ1v) is 8.30. The lowest BCUT2D eigenvalue weighted by atomic mass is 9.95. The molecule has 1 amide bonds. The van der Waals surface area contributed by atoms with E-state index in [-0.39, 0.29) is 11.6 Å². The Morgan fingerprint density at radius 2 is 2.04 bits per heavy atom. The van der Waals surface area contributed by atoms with Gasteiger partial charge in [-0.15, -0.1) is 0 Å². The fourth-order valence-corrected chi connectivity index (χ4v) is 3.67. The first kappa shape index (κ1) is 14.9. The SMILES string of the molecule is O=C(c1n[nH]c2c1CCCC2)N1CCCc2ccc([N+](=O)[O-])cc21. The van der Waals surface area contributed by atoms with Crippen molar-refractivity contribution in [2.75, 3.05) is 11.4 Å². The van der Waals surface area contributed by atoms with Gasteiger partial charge in [-0.3, -0.25) is 20.0 Å². The number of non-ortho nitro benzene ring substituents is 1. The Labute approximate surface area is 138 Å². The van der Waals surface area contributed by atoms with Crippen LogP contribution in [0.1, 0.15) is 46.6 Å². The van der Waals surface area contributed by atoms with Crippen molar-refractivity contribution in [3.8, 4) is 0 Å². The first-order chi connectivity index (χ1) is 11.6. The molecule has 1 aromatic carbocycles. The number of carbonyl (C=O) groups is 1. The van der Waals surface area contributed by atoms with Gasteiger partial charge in [0.1, 0.15) is 0 Å². The minimum Gasteiger partial charge on any atom is -0.306 e. The maximum Gasteiger partial charge on any atom is 0.279 e. The predicted octanol–water partition coefficient (Wildman–Crippen LogP) is 2.79. The Morgan fingerprint density at radius 1 is 1.21 bits per heavy atom. The van der Waals surface area contributed by atoms with Gasteiger partial charge in [0.25, 0.3) is 11.6 Å². The Morgan fingerprint density at radius 3 is 2.88 bits per heavy atom. The second-order valence-electron chi connectivity index (χ2n) is 6.37. The summed E-state index contributed by atoms with van der Waals surface area (Å²) in [5, 5.41) is 18.3. The average molecular weight is 326 g/mol. The largest absolute Gasteiger partial charge is 0.306 e. The number of hydrogen-bond acceptors (Lipinski definition) is 4. The Hall–Kier alpha value is -2.70. The van der Waals surface area contributed by atoms with Crippen LogP contribution in [-0.4, -0.2) is 27.6 Å². The van der Waals surface area contributed by atoms with Gasteiger partial charge in [-0.2, -0.15) is 5.10 Å². The third-order valence-electron chi connectivity index (χ3n) is 4.90. The molecule has 7 nitrogen and oxygen atoms in total. The lowest BCUT2D eigenvalue weighted by Gasteiger charge is -2.29. The highest BCUT2D eigenvalue weighted by Crippen LogP contribution is 2.33. The number of amides is 1. The number of nitro groups is 1. The van der Waals surface area contributed by atoms with E-state index < -0.39 is 4.92 Å². The summed E-state index contributed by atoms with van der Waals surface area (Å²) in [6, 6.07) is 4.77. The summed E-state index contributed by atoms with van der Waals surface area (Å²) in [7, 11) is 0. The zero-order valence-electron chi connectivity index (χ0n) is 13.2. The molecule has 1 aromatic heterocycles. The van der Waals surface area contributed by atoms with Crippen LogP contribution in [0.5, 0.6) is 0 Å². The molecule has 2 aliphatic rings. The monoisotopic (exact) mass is 326 g/mol. The van der Waals surface area contributed by atoms with Crippen LogP contribution in [0.3, 0.4) is 0 Å². The van der Waals surface area contributed by atoms with Crippen molar-refractivity contribution in [1.82, 2.24) is 10.2 Å². The Bertz CT molecular complexity index is 827. The zero-order chi connectivity index (χ0) is 16.7. The van der Waals surface area contributed by atoms with Gasteiger partial charge in [-0.25, -0.2) is 0 Å². The van der Waals surface area contributed by atoms with Crippen LogP contribution in [-0.2, 0) is 19.3 Å². The van der Waals surface area contributed by atoms with Crippen LogP contribution in [0.25, 0.3) is 0 Å². The van der Waals surface area contributed by atoms with Gasteiger partial charge < -0.3 is 4.90 Å². The average Bonchev–Trinajstić information content (AvgIpc) is 3.04. The Balaban J connectivity index is 1.73. The minimum absolute atomic E-state index is 0.0116. The maximum absolute atomic E-state index is 13.1. The number of nitro benzene ring substituents is 1. The summed E-state index contributed by atoms with van der Waals surface area (Å²) in [6.07, 6.45) is 5.65. The number of hydrogen-bond donors (Lipinski definition) is 1. The van der Waals surface area contributed by atoms with E-state index in [1.165, 1.54) is 12.1 Å². The number of fused-ring (bicyclic) bond motifs is 2. The van der Waals surface area contributed by atoms with Gasteiger partial charge in [-0.05, 0) is 44.1 Å². The molecule has 1 aliphatic carbocycles. The second-order valence-corrected chi connectivity index (χ2v) is 6.37. The highest BCUT2D eigenvalue weighted by molar-refractivity contribution is 6.06. The summed E-state index contributed by atoms with van der Waals surface area (Å²) in [6.45, 7) is 0.564. The van der Waals surface area contributed by atoms with E-state index >= 15 is 0 Å². The van der Waals surface area contributed by atoms with E-state index in [1.807, 2.05) is 0 Å². The third-order valence-corrected chi connectivity index (χ3v) is 4.90. The van der Waals surface area contributed by atoms with Crippen LogP contribution in [0.2, 0.25) is 0 Å². The predicted molar refractivity (Wildman–Crippen MR) is 88.3 cm³/mol. The van der Waals surface area contributed by atoms with E-state index in [2.05, 4.69) is 10.2 Å². The van der Waals surface area contributed by atoms with Crippen molar-refractivity contribution < 1.29 is 9.72 Å². The highest BCUT2D eigenvalue weighted by Gasteiger charge is 2.30. The fourth-order valence-electron chi connectivity index (χ4n) is 3.67. The van der Waals surface area contributed by atoms with Crippen molar-refractivity contribution in [3.05, 3.63) is 50.8 Å². The molecule has 2 heterocycles. The molecule has 1 N–H and O–H groups in total. The normalized spacial score (nSPS) is 16.4. The van der Waals surface area contributed by atoms with Crippen LogP contribution in [0, 0.1) is 10.1 Å². The van der Waals surface area contributed by atoms with Gasteiger partial charge in [0.2, 0.25) is 0 Å². The molecule has 1 aliphatic heterocycles. The number of aromatic nitrogens is 2. The molecule has 4 rings (SSSR count). The molecule has 2 aromatic rings. The number of aryl methyl sites for hydroxylation is 2. The molecule has 124 valence electrons. The van der Waals surface area contributed by atoms with Crippen LogP contribution >= 0.6 is 0 Å². The first-order valence-electron chi connectivity index (χ1n) is 8.30. The Kier molecular flexibility index (Phi) is 3.55. The van der Waals surface area contributed by atoms with Crippen LogP contribution in [0.4, 0.5) is 11.4 Å². The molecule has 0 bridgehead atoms. The number of benzene rings is 1. The lowest BCUT2D eigenvalue weighted by molar-refractivity contribution is -0.384.